The number of hydrogen-bond acceptors (Lipinski definition) is 11. The van der Waals surface area contributed by atoms with Crippen LogP contribution >= 0.6 is 0 Å². The second-order valence-electron chi connectivity index (χ2n) is 5.63. The van der Waals surface area contributed by atoms with Gasteiger partial charge in [-0.3, -0.25) is 0 Å². The zero-order valence-electron chi connectivity index (χ0n) is 12.0. The van der Waals surface area contributed by atoms with E-state index in [2.05, 4.69) is 0 Å². The summed E-state index contributed by atoms with van der Waals surface area (Å²) in [5.74, 6) is -2.34. The topological polar surface area (TPSA) is 190 Å². The molecule has 0 aromatic rings. The molecule has 2 fully saturated rings. The zero-order chi connectivity index (χ0) is 17.4. The SMILES string of the molecule is OC[C@H]1OC(OC[C@H]2OC(O)(CO)[C@@H](O)[C@@H]2O)[C@H](O)[C@@H](O)[C@@H]1O. The summed E-state index contributed by atoms with van der Waals surface area (Å²) in [6, 6.07) is 0. The lowest BCUT2D eigenvalue weighted by molar-refractivity contribution is -0.310. The lowest BCUT2D eigenvalue weighted by Gasteiger charge is -2.39. The summed E-state index contributed by atoms with van der Waals surface area (Å²) in [5, 5.41) is 76.1. The molecule has 11 nitrogen and oxygen atoms in total. The molecule has 0 aromatic heterocycles. The van der Waals surface area contributed by atoms with Gasteiger partial charge < -0.3 is 55.1 Å². The van der Waals surface area contributed by atoms with Gasteiger partial charge in [-0.1, -0.05) is 0 Å². The van der Waals surface area contributed by atoms with Gasteiger partial charge in [0.2, 0.25) is 5.79 Å². The minimum atomic E-state index is -2.34. The first-order valence-electron chi connectivity index (χ1n) is 7.04. The number of ether oxygens (including phenoxy) is 3. The van der Waals surface area contributed by atoms with Gasteiger partial charge in [0.15, 0.2) is 6.29 Å². The van der Waals surface area contributed by atoms with Crippen LogP contribution in [-0.2, 0) is 14.2 Å². The molecule has 0 aliphatic carbocycles. The van der Waals surface area contributed by atoms with Crippen LogP contribution in [0.15, 0.2) is 0 Å². The van der Waals surface area contributed by atoms with Crippen molar-refractivity contribution in [2.24, 2.45) is 0 Å². The first-order valence-corrected chi connectivity index (χ1v) is 7.04. The lowest BCUT2D eigenvalue weighted by Crippen LogP contribution is -2.59. The van der Waals surface area contributed by atoms with Gasteiger partial charge in [-0.25, -0.2) is 0 Å². The van der Waals surface area contributed by atoms with Crippen LogP contribution in [0.1, 0.15) is 0 Å². The predicted molar refractivity (Wildman–Crippen MR) is 68.6 cm³/mol. The van der Waals surface area contributed by atoms with E-state index in [4.69, 9.17) is 24.4 Å². The maximum Gasteiger partial charge on any atom is 0.219 e. The van der Waals surface area contributed by atoms with Crippen molar-refractivity contribution in [3.05, 3.63) is 0 Å². The highest BCUT2D eigenvalue weighted by molar-refractivity contribution is 4.95. The molecule has 11 heteroatoms. The van der Waals surface area contributed by atoms with Gasteiger partial charge in [0.05, 0.1) is 19.8 Å². The predicted octanol–water partition coefficient (Wildman–Crippen LogP) is -5.40. The molecule has 0 spiro atoms. The maximum atomic E-state index is 9.78. The Morgan fingerprint density at radius 2 is 1.52 bits per heavy atom. The van der Waals surface area contributed by atoms with E-state index in [0.717, 1.165) is 0 Å². The number of aliphatic hydroxyl groups is 8. The second kappa shape index (κ2) is 7.21. The van der Waals surface area contributed by atoms with Crippen LogP contribution in [0.3, 0.4) is 0 Å². The third-order valence-electron chi connectivity index (χ3n) is 4.02. The highest BCUT2D eigenvalue weighted by Gasteiger charge is 2.53. The Morgan fingerprint density at radius 3 is 2.04 bits per heavy atom. The largest absolute Gasteiger partial charge is 0.394 e. The second-order valence-corrected chi connectivity index (χ2v) is 5.63. The van der Waals surface area contributed by atoms with E-state index in [1.54, 1.807) is 0 Å². The molecule has 0 saturated carbocycles. The van der Waals surface area contributed by atoms with Crippen LogP contribution < -0.4 is 0 Å². The molecule has 2 saturated heterocycles. The average molecular weight is 342 g/mol. The summed E-state index contributed by atoms with van der Waals surface area (Å²) in [4.78, 5) is 0. The summed E-state index contributed by atoms with van der Waals surface area (Å²) in [5.41, 5.74) is 0. The standard InChI is InChI=1S/C12H22O11/c13-1-4-6(15)8(17)9(18)11(22-4)21-2-5-7(16)10(19)12(20,3-14)23-5/h4-11,13-20H,1-3H2/t4-,5-,6-,7-,8+,9-,10+,11?,12?/m1/s1. The summed E-state index contributed by atoms with van der Waals surface area (Å²) in [6.45, 7) is -2.05. The fourth-order valence-electron chi connectivity index (χ4n) is 2.53. The van der Waals surface area contributed by atoms with Gasteiger partial charge in [0.25, 0.3) is 0 Å². The Hall–Kier alpha value is -0.440. The van der Waals surface area contributed by atoms with Gasteiger partial charge in [0, 0.05) is 0 Å². The molecule has 2 aliphatic rings. The summed E-state index contributed by atoms with van der Waals surface area (Å²) in [6.07, 6.45) is -12.0. The molecule has 2 heterocycles. The van der Waals surface area contributed by atoms with Crippen molar-refractivity contribution >= 4 is 0 Å². The van der Waals surface area contributed by atoms with Crippen molar-refractivity contribution in [1.29, 1.82) is 0 Å². The van der Waals surface area contributed by atoms with Crippen molar-refractivity contribution in [1.82, 2.24) is 0 Å². The Morgan fingerprint density at radius 1 is 0.870 bits per heavy atom. The number of aliphatic hydroxyl groups excluding tert-OH is 7. The minimum Gasteiger partial charge on any atom is -0.394 e. The van der Waals surface area contributed by atoms with Crippen LogP contribution in [0.2, 0.25) is 0 Å². The van der Waals surface area contributed by atoms with E-state index < -0.39 is 74.6 Å². The zero-order valence-corrected chi connectivity index (χ0v) is 12.0. The van der Waals surface area contributed by atoms with Crippen molar-refractivity contribution in [3.8, 4) is 0 Å². The molecule has 9 atom stereocenters. The quantitative estimate of drug-likeness (QED) is 0.238. The molecule has 0 aromatic carbocycles. The van der Waals surface area contributed by atoms with Crippen molar-refractivity contribution in [2.45, 2.75) is 54.8 Å². The van der Waals surface area contributed by atoms with Crippen molar-refractivity contribution in [2.75, 3.05) is 19.8 Å². The van der Waals surface area contributed by atoms with E-state index in [0.29, 0.717) is 0 Å². The molecule has 136 valence electrons. The van der Waals surface area contributed by atoms with Crippen molar-refractivity contribution in [3.63, 3.8) is 0 Å². The average Bonchev–Trinajstić information content (AvgIpc) is 2.77. The lowest BCUT2D eigenvalue weighted by atomic mass is 9.99. The van der Waals surface area contributed by atoms with E-state index in [9.17, 15) is 30.6 Å². The van der Waals surface area contributed by atoms with Crippen LogP contribution in [-0.4, -0.2) is 115 Å². The van der Waals surface area contributed by atoms with Gasteiger partial charge >= 0.3 is 0 Å². The monoisotopic (exact) mass is 342 g/mol. The van der Waals surface area contributed by atoms with Crippen LogP contribution in [0.5, 0.6) is 0 Å². The van der Waals surface area contributed by atoms with Crippen LogP contribution in [0.25, 0.3) is 0 Å². The van der Waals surface area contributed by atoms with E-state index in [1.807, 2.05) is 0 Å². The van der Waals surface area contributed by atoms with E-state index in [-0.39, 0.29) is 0 Å². The molecule has 8 N–H and O–H groups in total. The number of rotatable bonds is 5. The molecule has 2 aliphatic heterocycles. The molecule has 2 unspecified atom stereocenters. The number of hydrogen-bond donors (Lipinski definition) is 8. The van der Waals surface area contributed by atoms with Crippen molar-refractivity contribution < 1.29 is 55.1 Å². The van der Waals surface area contributed by atoms with Gasteiger partial charge in [-0.05, 0) is 0 Å². The molecule has 0 amide bonds. The molecule has 0 bridgehead atoms. The fourth-order valence-corrected chi connectivity index (χ4v) is 2.53. The normalized spacial score (nSPS) is 51.1. The smallest absolute Gasteiger partial charge is 0.219 e. The molecule has 0 radical (unpaired) electrons. The fraction of sp³-hybridized carbons (Fsp3) is 1.00. The summed E-state index contributed by atoms with van der Waals surface area (Å²) >= 11 is 0. The highest BCUT2D eigenvalue weighted by Crippen LogP contribution is 2.30. The molecule has 2 rings (SSSR count). The third kappa shape index (κ3) is 3.50. The van der Waals surface area contributed by atoms with Crippen LogP contribution in [0, 0.1) is 0 Å². The summed E-state index contributed by atoms with van der Waals surface area (Å²) in [7, 11) is 0. The van der Waals surface area contributed by atoms with Gasteiger partial charge in [-0.15, -0.1) is 0 Å². The Balaban J connectivity index is 1.95. The van der Waals surface area contributed by atoms with Gasteiger partial charge in [-0.2, -0.15) is 0 Å². The minimum absolute atomic E-state index is 0.469. The van der Waals surface area contributed by atoms with Crippen LogP contribution in [0.4, 0.5) is 0 Å². The first kappa shape index (κ1) is 18.9. The first-order chi connectivity index (χ1) is 10.7. The summed E-state index contributed by atoms with van der Waals surface area (Å²) < 4.78 is 15.2. The van der Waals surface area contributed by atoms with E-state index >= 15 is 0 Å². The maximum absolute atomic E-state index is 9.78. The molecular formula is C12H22O11. The highest BCUT2D eigenvalue weighted by atomic mass is 16.7. The Bertz CT molecular complexity index is 393. The third-order valence-corrected chi connectivity index (χ3v) is 4.02. The Kier molecular flexibility index (Phi) is 5.92. The van der Waals surface area contributed by atoms with Gasteiger partial charge in [0.1, 0.15) is 42.7 Å². The molecule has 23 heavy (non-hydrogen) atoms. The Labute approximate surface area is 130 Å². The van der Waals surface area contributed by atoms with E-state index in [1.165, 1.54) is 0 Å². The molecular weight excluding hydrogens is 320 g/mol.